The monoisotopic (exact) mass is 203 g/mol. The molecule has 3 nitrogen and oxygen atoms in total. The summed E-state index contributed by atoms with van der Waals surface area (Å²) in [5.74, 6) is -1.03. The van der Waals surface area contributed by atoms with Crippen LogP contribution in [0.4, 0.5) is 13.2 Å². The second kappa shape index (κ2) is 3.46. The number of hydrogen-bond donors (Lipinski definition) is 1. The highest BCUT2D eigenvalue weighted by atomic mass is 19.4. The fraction of sp³-hybridized carbons (Fsp3) is 0.125. The van der Waals surface area contributed by atoms with Crippen LogP contribution in [0.15, 0.2) is 18.2 Å². The molecular weight excluding hydrogens is 199 g/mol. The van der Waals surface area contributed by atoms with Gasteiger partial charge in [0.05, 0.1) is 5.56 Å². The highest BCUT2D eigenvalue weighted by Crippen LogP contribution is 2.35. The molecule has 1 rings (SSSR count). The van der Waals surface area contributed by atoms with E-state index in [2.05, 4.69) is 4.74 Å². The van der Waals surface area contributed by atoms with Crippen molar-refractivity contribution in [3.05, 3.63) is 23.8 Å². The molecule has 0 amide bonds. The van der Waals surface area contributed by atoms with E-state index in [1.54, 1.807) is 0 Å². The molecule has 0 aromatic heterocycles. The lowest BCUT2D eigenvalue weighted by Gasteiger charge is -2.07. The van der Waals surface area contributed by atoms with E-state index in [0.29, 0.717) is 12.1 Å². The van der Waals surface area contributed by atoms with Crippen LogP contribution in [0.25, 0.3) is 0 Å². The third kappa shape index (κ3) is 2.07. The van der Waals surface area contributed by atoms with Crippen molar-refractivity contribution in [2.24, 2.45) is 0 Å². The molecule has 0 unspecified atom stereocenters. The van der Waals surface area contributed by atoms with Crippen LogP contribution in [-0.4, -0.2) is 5.11 Å². The minimum Gasteiger partial charge on any atom is -0.504 e. The summed E-state index contributed by atoms with van der Waals surface area (Å²) in [6.07, 6.45) is -3.35. The number of nitriles is 1. The Labute approximate surface area is 77.0 Å². The van der Waals surface area contributed by atoms with Gasteiger partial charge in [-0.2, -0.15) is 13.2 Å². The lowest BCUT2D eigenvalue weighted by Crippen LogP contribution is -2.04. The van der Waals surface area contributed by atoms with E-state index in [4.69, 9.17) is 10.4 Å². The molecular formula is C8H4F3NO2. The van der Waals surface area contributed by atoms with Crippen LogP contribution in [0.3, 0.4) is 0 Å². The number of alkyl halides is 3. The number of benzene rings is 1. The molecule has 0 fully saturated rings. The zero-order valence-corrected chi connectivity index (χ0v) is 6.67. The molecule has 14 heavy (non-hydrogen) atoms. The van der Waals surface area contributed by atoms with Crippen molar-refractivity contribution < 1.29 is 23.0 Å². The zero-order valence-electron chi connectivity index (χ0n) is 6.67. The summed E-state index contributed by atoms with van der Waals surface area (Å²) in [5, 5.41) is 17.1. The Kier molecular flexibility index (Phi) is 2.51. The molecule has 0 aliphatic rings. The van der Waals surface area contributed by atoms with Gasteiger partial charge >= 0.3 is 6.18 Å². The quantitative estimate of drug-likeness (QED) is 0.712. The van der Waals surface area contributed by atoms with E-state index >= 15 is 0 Å². The summed E-state index contributed by atoms with van der Waals surface area (Å²) in [4.78, 5) is 0. The zero-order chi connectivity index (χ0) is 10.8. The topological polar surface area (TPSA) is 53.2 Å². The van der Waals surface area contributed by atoms with Crippen LogP contribution < -0.4 is 4.74 Å². The molecule has 0 aliphatic carbocycles. The van der Waals surface area contributed by atoms with Crippen LogP contribution >= 0.6 is 0 Å². The number of phenols is 1. The molecule has 0 radical (unpaired) electrons. The summed E-state index contributed by atoms with van der Waals surface area (Å²) >= 11 is 0. The maximum absolute atomic E-state index is 12.1. The number of halogens is 3. The standard InChI is InChI=1S/C8H4F3NO2/c9-8(10,11)5-1-2-6(13)7(3-5)14-4-12/h1-3,13H. The predicted octanol–water partition coefficient (Wildman–Crippen LogP) is 2.27. The Balaban J connectivity index is 3.14. The van der Waals surface area contributed by atoms with Gasteiger partial charge in [-0.05, 0) is 18.2 Å². The number of rotatable bonds is 1. The van der Waals surface area contributed by atoms with E-state index in [1.807, 2.05) is 0 Å². The normalized spacial score (nSPS) is 10.7. The molecule has 0 bridgehead atoms. The second-order valence-electron chi connectivity index (χ2n) is 2.37. The Hall–Kier alpha value is -1.90. The first-order chi connectivity index (χ1) is 6.45. The number of nitrogens with zero attached hydrogens (tertiary/aromatic N) is 1. The van der Waals surface area contributed by atoms with Gasteiger partial charge in [-0.15, -0.1) is 5.26 Å². The molecule has 6 heteroatoms. The van der Waals surface area contributed by atoms with Crippen molar-refractivity contribution in [3.63, 3.8) is 0 Å². The van der Waals surface area contributed by atoms with E-state index < -0.39 is 23.2 Å². The number of aromatic hydroxyl groups is 1. The van der Waals surface area contributed by atoms with Crippen molar-refractivity contribution in [2.45, 2.75) is 6.18 Å². The highest BCUT2D eigenvalue weighted by Gasteiger charge is 2.31. The van der Waals surface area contributed by atoms with Crippen LogP contribution in [0.2, 0.25) is 0 Å². The molecule has 1 aromatic rings. The first kappa shape index (κ1) is 10.2. The number of hydrogen-bond acceptors (Lipinski definition) is 3. The summed E-state index contributed by atoms with van der Waals surface area (Å²) in [6, 6.07) is 2.06. The molecule has 74 valence electrons. The molecule has 0 heterocycles. The summed E-state index contributed by atoms with van der Waals surface area (Å²) < 4.78 is 40.5. The lowest BCUT2D eigenvalue weighted by atomic mass is 10.2. The van der Waals surface area contributed by atoms with Gasteiger partial charge in [-0.25, -0.2) is 0 Å². The average Bonchev–Trinajstić information content (AvgIpc) is 2.07. The van der Waals surface area contributed by atoms with E-state index in [-0.39, 0.29) is 0 Å². The molecule has 0 aliphatic heterocycles. The molecule has 0 atom stereocenters. The van der Waals surface area contributed by atoms with E-state index in [0.717, 1.165) is 6.07 Å². The molecule has 1 aromatic carbocycles. The van der Waals surface area contributed by atoms with Crippen molar-refractivity contribution in [1.82, 2.24) is 0 Å². The Morgan fingerprint density at radius 1 is 1.36 bits per heavy atom. The molecule has 0 saturated heterocycles. The molecule has 1 N–H and O–H groups in total. The number of ether oxygens (including phenoxy) is 1. The first-order valence-electron chi connectivity index (χ1n) is 3.41. The van der Waals surface area contributed by atoms with Crippen LogP contribution in [0.5, 0.6) is 11.5 Å². The highest BCUT2D eigenvalue weighted by molar-refractivity contribution is 5.43. The lowest BCUT2D eigenvalue weighted by molar-refractivity contribution is -0.137. The van der Waals surface area contributed by atoms with Crippen molar-refractivity contribution in [2.75, 3.05) is 0 Å². The summed E-state index contributed by atoms with van der Waals surface area (Å²) in [6.45, 7) is 0. The maximum atomic E-state index is 12.1. The third-order valence-electron chi connectivity index (χ3n) is 1.44. The van der Waals surface area contributed by atoms with Gasteiger partial charge < -0.3 is 9.84 Å². The van der Waals surface area contributed by atoms with Crippen molar-refractivity contribution in [3.8, 4) is 17.8 Å². The van der Waals surface area contributed by atoms with Gasteiger partial charge in [-0.3, -0.25) is 0 Å². The third-order valence-corrected chi connectivity index (χ3v) is 1.44. The van der Waals surface area contributed by atoms with Gasteiger partial charge in [0.25, 0.3) is 6.26 Å². The molecule has 0 spiro atoms. The van der Waals surface area contributed by atoms with Crippen LogP contribution in [-0.2, 0) is 6.18 Å². The van der Waals surface area contributed by atoms with Crippen LogP contribution in [0, 0.1) is 11.5 Å². The second-order valence-corrected chi connectivity index (χ2v) is 2.37. The predicted molar refractivity (Wildman–Crippen MR) is 39.3 cm³/mol. The fourth-order valence-corrected chi connectivity index (χ4v) is 0.821. The number of phenolic OH excluding ortho intramolecular Hbond substituents is 1. The average molecular weight is 203 g/mol. The van der Waals surface area contributed by atoms with E-state index in [1.165, 1.54) is 6.26 Å². The van der Waals surface area contributed by atoms with Crippen molar-refractivity contribution >= 4 is 0 Å². The van der Waals surface area contributed by atoms with Gasteiger partial charge in [0.1, 0.15) is 0 Å². The summed E-state index contributed by atoms with van der Waals surface area (Å²) in [7, 11) is 0. The minimum absolute atomic E-state index is 0.512. The Bertz CT molecular complexity index is 381. The SMILES string of the molecule is N#COc1cc(C(F)(F)F)ccc1O. The van der Waals surface area contributed by atoms with Crippen molar-refractivity contribution in [1.29, 1.82) is 5.26 Å². The van der Waals surface area contributed by atoms with Gasteiger partial charge in [-0.1, -0.05) is 0 Å². The Morgan fingerprint density at radius 2 is 2.00 bits per heavy atom. The van der Waals surface area contributed by atoms with Crippen LogP contribution in [0.1, 0.15) is 5.56 Å². The van der Waals surface area contributed by atoms with Gasteiger partial charge in [0, 0.05) is 0 Å². The first-order valence-corrected chi connectivity index (χ1v) is 3.41. The van der Waals surface area contributed by atoms with Gasteiger partial charge in [0.15, 0.2) is 11.5 Å². The molecule has 0 saturated carbocycles. The van der Waals surface area contributed by atoms with E-state index in [9.17, 15) is 13.2 Å². The fourth-order valence-electron chi connectivity index (χ4n) is 0.821. The Morgan fingerprint density at radius 3 is 2.50 bits per heavy atom. The summed E-state index contributed by atoms with van der Waals surface area (Å²) in [5.41, 5.74) is -0.986. The largest absolute Gasteiger partial charge is 0.504 e. The van der Waals surface area contributed by atoms with Gasteiger partial charge in [0.2, 0.25) is 0 Å². The maximum Gasteiger partial charge on any atom is 0.416 e. The smallest absolute Gasteiger partial charge is 0.416 e. The minimum atomic E-state index is -4.53.